The number of amides is 2. The first-order chi connectivity index (χ1) is 21.1. The average Bonchev–Trinajstić information content (AvgIpc) is 2.97. The van der Waals surface area contributed by atoms with Crippen LogP contribution < -0.4 is 48.7 Å². The molecule has 0 spiro atoms. The van der Waals surface area contributed by atoms with Crippen LogP contribution in [0.3, 0.4) is 0 Å². The van der Waals surface area contributed by atoms with E-state index in [1.54, 1.807) is 37.3 Å². The molecule has 12 N–H and O–H groups in total. The highest BCUT2D eigenvalue weighted by Gasteiger charge is 2.29. The van der Waals surface area contributed by atoms with Gasteiger partial charge in [0, 0.05) is 79.9 Å². The highest BCUT2D eigenvalue weighted by Crippen LogP contribution is 2.26. The maximum Gasteiger partial charge on any atom is 0.259 e. The van der Waals surface area contributed by atoms with Crippen molar-refractivity contribution in [2.45, 2.75) is 50.4 Å². The fourth-order valence-corrected chi connectivity index (χ4v) is 5.39. The number of phenols is 1. The van der Waals surface area contributed by atoms with Crippen LogP contribution in [0.25, 0.3) is 0 Å². The number of piperidine rings is 2. The largest absolute Gasteiger partial charge is 0.507 e. The van der Waals surface area contributed by atoms with Gasteiger partial charge in [0.05, 0.1) is 5.56 Å². The maximum absolute atomic E-state index is 12.8. The summed E-state index contributed by atoms with van der Waals surface area (Å²) in [7, 11) is 0. The predicted molar refractivity (Wildman–Crippen MR) is 170 cm³/mol. The molecule has 2 amide bonds. The summed E-state index contributed by atoms with van der Waals surface area (Å²) in [6.45, 7) is 3.98. The minimum atomic E-state index is -0.501. The number of anilines is 6. The zero-order valence-corrected chi connectivity index (χ0v) is 24.6. The molecule has 234 valence electrons. The molecule has 2 fully saturated rings. The van der Waals surface area contributed by atoms with E-state index in [4.69, 9.17) is 27.9 Å². The van der Waals surface area contributed by atoms with Gasteiger partial charge in [-0.3, -0.25) is 9.59 Å². The topological polar surface area (TPSA) is 240 Å². The lowest BCUT2D eigenvalue weighted by atomic mass is 10.0. The molecule has 44 heavy (non-hydrogen) atoms. The molecule has 2 aliphatic heterocycles. The zero-order chi connectivity index (χ0) is 31.4. The Hall–Kier alpha value is -4.57. The second-order valence-corrected chi connectivity index (χ2v) is 11.4. The van der Waals surface area contributed by atoms with E-state index in [1.807, 2.05) is 9.80 Å². The Labute approximate surface area is 255 Å². The van der Waals surface area contributed by atoms with Gasteiger partial charge in [0.25, 0.3) is 5.91 Å². The molecule has 3 heterocycles. The van der Waals surface area contributed by atoms with Gasteiger partial charge in [0.2, 0.25) is 23.8 Å². The number of aromatic nitrogens is 3. The molecule has 3 aromatic rings. The molecule has 0 saturated carbocycles. The third-order valence-electron chi connectivity index (χ3n) is 7.45. The van der Waals surface area contributed by atoms with Gasteiger partial charge in [-0.05, 0) is 49.2 Å². The third kappa shape index (κ3) is 7.68. The first-order valence-electron chi connectivity index (χ1n) is 14.7. The number of hydrogen-bond acceptors (Lipinski definition) is 13. The summed E-state index contributed by atoms with van der Waals surface area (Å²) in [5, 5.41) is 19.0. The molecule has 1 aromatic heterocycles. The van der Waals surface area contributed by atoms with Gasteiger partial charge in [0.15, 0.2) is 0 Å². The molecular weight excluding hydrogens is 564 g/mol. The summed E-state index contributed by atoms with van der Waals surface area (Å²) in [5.74, 6) is 0.295. The number of nitrogens with zero attached hydrogens (tertiary/aromatic N) is 5. The van der Waals surface area contributed by atoms with Gasteiger partial charge in [-0.1, -0.05) is 6.92 Å². The van der Waals surface area contributed by atoms with E-state index in [-0.39, 0.29) is 41.4 Å². The van der Waals surface area contributed by atoms with Crippen LogP contribution in [0.5, 0.6) is 5.75 Å². The number of rotatable bonds is 8. The first-order valence-corrected chi connectivity index (χ1v) is 14.7. The first kappa shape index (κ1) is 30.9. The maximum atomic E-state index is 12.8. The monoisotopic (exact) mass is 604 g/mol. The molecule has 0 aliphatic carbocycles. The molecule has 0 radical (unpaired) electrons. The van der Waals surface area contributed by atoms with E-state index >= 15 is 0 Å². The molecule has 2 aromatic carbocycles. The number of phenolic OH excluding ortho intramolecular Hbond substituents is 1. The molecule has 4 atom stereocenters. The Kier molecular flexibility index (Phi) is 9.39. The Morgan fingerprint density at radius 2 is 1.27 bits per heavy atom. The van der Waals surface area contributed by atoms with E-state index in [0.717, 1.165) is 12.8 Å². The van der Waals surface area contributed by atoms with Gasteiger partial charge in [-0.15, -0.1) is 0 Å². The van der Waals surface area contributed by atoms with Crippen molar-refractivity contribution in [3.63, 3.8) is 0 Å². The average molecular weight is 605 g/mol. The molecule has 15 nitrogen and oxygen atoms in total. The number of benzene rings is 2. The van der Waals surface area contributed by atoms with Crippen molar-refractivity contribution in [3.05, 3.63) is 48.0 Å². The number of nitrogens with one attached hydrogen (secondary N) is 3. The smallest absolute Gasteiger partial charge is 0.259 e. The highest BCUT2D eigenvalue weighted by molar-refractivity contribution is 6.06. The fourth-order valence-electron chi connectivity index (χ4n) is 5.39. The van der Waals surface area contributed by atoms with Crippen LogP contribution in [0.4, 0.5) is 34.9 Å². The van der Waals surface area contributed by atoms with Crippen molar-refractivity contribution < 1.29 is 14.7 Å². The minimum Gasteiger partial charge on any atom is -0.507 e. The predicted octanol–water partition coefficient (Wildman–Crippen LogP) is 0.651. The number of nitrogens with two attached hydrogens (primary N) is 4. The minimum absolute atomic E-state index is 0.0706. The summed E-state index contributed by atoms with van der Waals surface area (Å²) < 4.78 is 0. The van der Waals surface area contributed by atoms with Crippen LogP contribution in [0.15, 0.2) is 42.5 Å². The van der Waals surface area contributed by atoms with Crippen molar-refractivity contribution in [2.24, 2.45) is 22.9 Å². The summed E-state index contributed by atoms with van der Waals surface area (Å²) in [6, 6.07) is 10.9. The normalized spacial score (nSPS) is 21.9. The van der Waals surface area contributed by atoms with Gasteiger partial charge in [-0.2, -0.15) is 15.0 Å². The van der Waals surface area contributed by atoms with Crippen LogP contribution in [0.1, 0.15) is 36.5 Å². The Balaban J connectivity index is 1.32. The third-order valence-corrected chi connectivity index (χ3v) is 7.45. The van der Waals surface area contributed by atoms with Crippen LogP contribution in [-0.4, -0.2) is 82.2 Å². The van der Waals surface area contributed by atoms with E-state index in [9.17, 15) is 14.7 Å². The van der Waals surface area contributed by atoms with Crippen LogP contribution in [0.2, 0.25) is 0 Å². The zero-order valence-electron chi connectivity index (χ0n) is 24.6. The van der Waals surface area contributed by atoms with Crippen LogP contribution in [0, 0.1) is 0 Å². The van der Waals surface area contributed by atoms with Crippen molar-refractivity contribution in [1.82, 2.24) is 15.0 Å². The second-order valence-electron chi connectivity index (χ2n) is 11.4. The Bertz CT molecular complexity index is 1420. The summed E-state index contributed by atoms with van der Waals surface area (Å²) >= 11 is 0. The van der Waals surface area contributed by atoms with Crippen molar-refractivity contribution >= 4 is 46.7 Å². The SMILES string of the molecule is CCC(=O)Nc1ccc(C(=O)Nc2ccc(Nc3nc(N4C[C@H](N)C[C@H](N)C4)nc(N4C[C@H](N)C[C@H](N)C4)n3)cc2)c(O)c1. The summed E-state index contributed by atoms with van der Waals surface area (Å²) in [6.07, 6.45) is 1.74. The second kappa shape index (κ2) is 13.4. The van der Waals surface area contributed by atoms with Crippen LogP contribution >= 0.6 is 0 Å². The van der Waals surface area contributed by atoms with Gasteiger partial charge >= 0.3 is 0 Å². The summed E-state index contributed by atoms with van der Waals surface area (Å²) in [4.78, 5) is 42.5. The van der Waals surface area contributed by atoms with Gasteiger partial charge < -0.3 is 53.8 Å². The molecule has 5 rings (SSSR count). The molecule has 2 aliphatic rings. The van der Waals surface area contributed by atoms with E-state index in [1.165, 1.54) is 12.1 Å². The number of carbonyl (C=O) groups excluding carboxylic acids is 2. The number of aromatic hydroxyl groups is 1. The van der Waals surface area contributed by atoms with E-state index < -0.39 is 5.91 Å². The van der Waals surface area contributed by atoms with Gasteiger partial charge in [0.1, 0.15) is 5.75 Å². The number of hydrogen-bond donors (Lipinski definition) is 8. The van der Waals surface area contributed by atoms with Crippen LogP contribution in [-0.2, 0) is 4.79 Å². The molecule has 0 unspecified atom stereocenters. The van der Waals surface area contributed by atoms with Crippen molar-refractivity contribution in [1.29, 1.82) is 0 Å². The van der Waals surface area contributed by atoms with Crippen molar-refractivity contribution in [2.75, 3.05) is 51.9 Å². The fraction of sp³-hybridized carbons (Fsp3) is 0.414. The molecule has 15 heteroatoms. The highest BCUT2D eigenvalue weighted by atomic mass is 16.3. The summed E-state index contributed by atoms with van der Waals surface area (Å²) in [5.41, 5.74) is 26.6. The quantitative estimate of drug-likeness (QED) is 0.176. The molecule has 2 saturated heterocycles. The van der Waals surface area contributed by atoms with E-state index in [2.05, 4.69) is 25.9 Å². The lowest BCUT2D eigenvalue weighted by Gasteiger charge is -2.37. The molecular formula is C29H40N12O3. The standard InChI is InChI=1S/C29H40N12O3/c1-2-25(43)34-22-7-8-23(24(42)11-22)26(44)35-20-3-5-21(6-4-20)36-27-37-28(40-12-16(30)9-17(31)13-40)39-29(38-27)41-14-18(32)10-19(33)15-41/h3-8,11,16-19,42H,2,9-10,12-15,30-33H2,1H3,(H,34,43)(H,35,44)(H,36,37,38,39)/t16-,17+,18-,19+. The molecule has 0 bridgehead atoms. The Morgan fingerprint density at radius 3 is 1.77 bits per heavy atom. The lowest BCUT2D eigenvalue weighted by Crippen LogP contribution is -2.54. The lowest BCUT2D eigenvalue weighted by molar-refractivity contribution is -0.115. The number of carbonyl (C=O) groups is 2. The Morgan fingerprint density at radius 1 is 0.773 bits per heavy atom. The van der Waals surface area contributed by atoms with Crippen molar-refractivity contribution in [3.8, 4) is 5.75 Å². The van der Waals surface area contributed by atoms with E-state index in [0.29, 0.717) is 67.5 Å². The van der Waals surface area contributed by atoms with Gasteiger partial charge in [-0.25, -0.2) is 0 Å².